The van der Waals surface area contributed by atoms with E-state index in [1.54, 1.807) is 13.8 Å². The third-order valence-electron chi connectivity index (χ3n) is 6.09. The Kier molecular flexibility index (Phi) is 5.53. The van der Waals surface area contributed by atoms with Gasteiger partial charge in [0.1, 0.15) is 11.3 Å². The van der Waals surface area contributed by atoms with Crippen LogP contribution in [0.4, 0.5) is 0 Å². The highest BCUT2D eigenvalue weighted by molar-refractivity contribution is 5.96. The molecule has 33 heavy (non-hydrogen) atoms. The predicted octanol–water partition coefficient (Wildman–Crippen LogP) is 6.00. The molecule has 1 atom stereocenters. The molecule has 0 bridgehead atoms. The van der Waals surface area contributed by atoms with Crippen molar-refractivity contribution >= 4 is 16.8 Å². The van der Waals surface area contributed by atoms with Crippen LogP contribution in [0.1, 0.15) is 38.9 Å². The number of nitrogens with one attached hydrogen (secondary N) is 2. The van der Waals surface area contributed by atoms with Crippen LogP contribution in [0.25, 0.3) is 22.2 Å². The number of carbonyl (C=O) groups excluding carboxylic acids is 1. The van der Waals surface area contributed by atoms with Gasteiger partial charge in [0, 0.05) is 23.4 Å². The van der Waals surface area contributed by atoms with Gasteiger partial charge in [-0.2, -0.15) is 0 Å². The van der Waals surface area contributed by atoms with E-state index in [4.69, 9.17) is 4.52 Å². The second-order valence-electron chi connectivity index (χ2n) is 8.20. The van der Waals surface area contributed by atoms with Gasteiger partial charge in [0.15, 0.2) is 0 Å². The van der Waals surface area contributed by atoms with Crippen molar-refractivity contribution in [2.45, 2.75) is 19.8 Å². The average Bonchev–Trinajstić information content (AvgIpc) is 3.40. The van der Waals surface area contributed by atoms with E-state index >= 15 is 0 Å². The van der Waals surface area contributed by atoms with Gasteiger partial charge in [-0.1, -0.05) is 84.0 Å². The van der Waals surface area contributed by atoms with Crippen LogP contribution in [0.3, 0.4) is 0 Å². The molecule has 0 aliphatic carbocycles. The Hall–Kier alpha value is -4.12. The Bertz CT molecular complexity index is 1380. The fourth-order valence-electron chi connectivity index (χ4n) is 4.52. The maximum atomic E-state index is 13.1. The molecule has 0 fully saturated rings. The standard InChI is InChI=1S/C28H25N3O2/c1-18-25(19(2)33-31-18)28(32)29-17-23(20-11-5-3-6-12-20)26-22-15-9-10-16-24(22)30-27(26)21-13-7-4-8-14-21/h3-16,23,30H,17H2,1-2H3,(H,29,32). The first-order valence-corrected chi connectivity index (χ1v) is 11.1. The minimum Gasteiger partial charge on any atom is -0.361 e. The number of fused-ring (bicyclic) bond motifs is 1. The lowest BCUT2D eigenvalue weighted by Gasteiger charge is -2.20. The predicted molar refractivity (Wildman–Crippen MR) is 130 cm³/mol. The summed E-state index contributed by atoms with van der Waals surface area (Å²) in [4.78, 5) is 16.7. The fraction of sp³-hybridized carbons (Fsp3) is 0.143. The van der Waals surface area contributed by atoms with E-state index in [0.29, 0.717) is 23.6 Å². The maximum absolute atomic E-state index is 13.1. The quantitative estimate of drug-likeness (QED) is 0.344. The Labute approximate surface area is 192 Å². The molecule has 0 spiro atoms. The van der Waals surface area contributed by atoms with Crippen LogP contribution < -0.4 is 5.32 Å². The highest BCUT2D eigenvalue weighted by atomic mass is 16.5. The van der Waals surface area contributed by atoms with Crippen LogP contribution in [0, 0.1) is 13.8 Å². The SMILES string of the molecule is Cc1noc(C)c1C(=O)NCC(c1ccccc1)c1c(-c2ccccc2)[nH]c2ccccc12. The first-order valence-electron chi connectivity index (χ1n) is 11.1. The van der Waals surface area contributed by atoms with E-state index in [9.17, 15) is 4.79 Å². The first-order chi connectivity index (χ1) is 16.1. The molecule has 0 saturated heterocycles. The zero-order valence-corrected chi connectivity index (χ0v) is 18.6. The van der Waals surface area contributed by atoms with Crippen LogP contribution in [-0.2, 0) is 0 Å². The summed E-state index contributed by atoms with van der Waals surface area (Å²) >= 11 is 0. The van der Waals surface area contributed by atoms with Gasteiger partial charge in [0.25, 0.3) is 5.91 Å². The summed E-state index contributed by atoms with van der Waals surface area (Å²) in [5.41, 5.74) is 6.66. The van der Waals surface area contributed by atoms with Crippen molar-refractivity contribution in [2.75, 3.05) is 6.54 Å². The van der Waals surface area contributed by atoms with Crippen LogP contribution in [0.15, 0.2) is 89.5 Å². The largest absolute Gasteiger partial charge is 0.361 e. The highest BCUT2D eigenvalue weighted by Gasteiger charge is 2.25. The number of rotatable bonds is 6. The van der Waals surface area contributed by atoms with Gasteiger partial charge in [-0.05, 0) is 36.6 Å². The van der Waals surface area contributed by atoms with Crippen LogP contribution in [-0.4, -0.2) is 22.6 Å². The van der Waals surface area contributed by atoms with Gasteiger partial charge in [0.2, 0.25) is 0 Å². The Morgan fingerprint density at radius 1 is 0.939 bits per heavy atom. The second-order valence-corrected chi connectivity index (χ2v) is 8.20. The fourth-order valence-corrected chi connectivity index (χ4v) is 4.52. The molecule has 3 aromatic carbocycles. The number of aryl methyl sites for hydroxylation is 2. The van der Waals surface area contributed by atoms with Crippen LogP contribution in [0.5, 0.6) is 0 Å². The summed E-state index contributed by atoms with van der Waals surface area (Å²) in [6.07, 6.45) is 0. The molecular formula is C28H25N3O2. The van der Waals surface area contributed by atoms with Gasteiger partial charge in [-0.15, -0.1) is 0 Å². The number of para-hydroxylation sites is 1. The number of aromatic nitrogens is 2. The van der Waals surface area contributed by atoms with Gasteiger partial charge in [-0.25, -0.2) is 0 Å². The molecule has 1 unspecified atom stereocenters. The number of hydrogen-bond acceptors (Lipinski definition) is 3. The van der Waals surface area contributed by atoms with E-state index in [-0.39, 0.29) is 11.8 Å². The maximum Gasteiger partial charge on any atom is 0.256 e. The van der Waals surface area contributed by atoms with Gasteiger partial charge < -0.3 is 14.8 Å². The summed E-state index contributed by atoms with van der Waals surface area (Å²) < 4.78 is 5.20. The number of carbonyl (C=O) groups is 1. The molecule has 5 rings (SSSR count). The normalized spacial score (nSPS) is 12.1. The van der Waals surface area contributed by atoms with E-state index < -0.39 is 0 Å². The first kappa shape index (κ1) is 20.8. The van der Waals surface area contributed by atoms with E-state index in [2.05, 4.69) is 57.9 Å². The molecular weight excluding hydrogens is 410 g/mol. The van der Waals surface area contributed by atoms with Crippen molar-refractivity contribution in [3.05, 3.63) is 113 Å². The molecule has 1 amide bonds. The van der Waals surface area contributed by atoms with Crippen molar-refractivity contribution in [2.24, 2.45) is 0 Å². The van der Waals surface area contributed by atoms with E-state index in [1.165, 1.54) is 5.56 Å². The van der Waals surface area contributed by atoms with Crippen molar-refractivity contribution in [1.29, 1.82) is 0 Å². The molecule has 5 heteroatoms. The Morgan fingerprint density at radius 2 is 1.61 bits per heavy atom. The van der Waals surface area contributed by atoms with Crippen molar-refractivity contribution in [3.63, 3.8) is 0 Å². The second kappa shape index (κ2) is 8.79. The lowest BCUT2D eigenvalue weighted by Crippen LogP contribution is -2.29. The molecule has 0 aliphatic rings. The minimum atomic E-state index is -0.173. The molecule has 164 valence electrons. The van der Waals surface area contributed by atoms with Gasteiger partial charge in [0.05, 0.1) is 11.4 Å². The topological polar surface area (TPSA) is 70.9 Å². The molecule has 0 aliphatic heterocycles. The molecule has 5 nitrogen and oxygen atoms in total. The summed E-state index contributed by atoms with van der Waals surface area (Å²) in [5.74, 6) is 0.300. The molecule has 2 heterocycles. The monoisotopic (exact) mass is 435 g/mol. The Balaban J connectivity index is 1.62. The summed E-state index contributed by atoms with van der Waals surface area (Å²) in [6, 6.07) is 29.0. The smallest absolute Gasteiger partial charge is 0.256 e. The van der Waals surface area contributed by atoms with Crippen LogP contribution >= 0.6 is 0 Å². The number of benzene rings is 3. The van der Waals surface area contributed by atoms with Crippen LogP contribution in [0.2, 0.25) is 0 Å². The number of hydrogen-bond donors (Lipinski definition) is 2. The molecule has 5 aromatic rings. The number of aromatic amines is 1. The van der Waals surface area contributed by atoms with Gasteiger partial charge >= 0.3 is 0 Å². The lowest BCUT2D eigenvalue weighted by molar-refractivity contribution is 0.0950. The highest BCUT2D eigenvalue weighted by Crippen LogP contribution is 2.38. The zero-order chi connectivity index (χ0) is 22.8. The Morgan fingerprint density at radius 3 is 2.30 bits per heavy atom. The molecule has 2 N–H and O–H groups in total. The third-order valence-corrected chi connectivity index (χ3v) is 6.09. The summed E-state index contributed by atoms with van der Waals surface area (Å²) in [6.45, 7) is 3.98. The molecule has 2 aromatic heterocycles. The minimum absolute atomic E-state index is 0.0537. The number of H-pyrrole nitrogens is 1. The number of amides is 1. The van der Waals surface area contributed by atoms with Crippen molar-refractivity contribution < 1.29 is 9.32 Å². The van der Waals surface area contributed by atoms with E-state index in [0.717, 1.165) is 27.7 Å². The average molecular weight is 436 g/mol. The number of nitrogens with zero attached hydrogens (tertiary/aromatic N) is 1. The summed E-state index contributed by atoms with van der Waals surface area (Å²) in [5, 5.41) is 8.22. The van der Waals surface area contributed by atoms with Crippen molar-refractivity contribution in [1.82, 2.24) is 15.5 Å². The third kappa shape index (κ3) is 3.94. The lowest BCUT2D eigenvalue weighted by atomic mass is 9.87. The van der Waals surface area contributed by atoms with Crippen molar-refractivity contribution in [3.8, 4) is 11.3 Å². The zero-order valence-electron chi connectivity index (χ0n) is 18.6. The molecule has 0 radical (unpaired) electrons. The molecule has 0 saturated carbocycles. The van der Waals surface area contributed by atoms with E-state index in [1.807, 2.05) is 42.5 Å². The van der Waals surface area contributed by atoms with Gasteiger partial charge in [-0.3, -0.25) is 4.79 Å². The summed E-state index contributed by atoms with van der Waals surface area (Å²) in [7, 11) is 0.